The van der Waals surface area contributed by atoms with Crippen molar-refractivity contribution in [2.75, 3.05) is 4.90 Å². The van der Waals surface area contributed by atoms with Gasteiger partial charge in [0.05, 0.1) is 11.0 Å². The molecule has 284 valence electrons. The van der Waals surface area contributed by atoms with E-state index < -0.39 is 0 Å². The Kier molecular flexibility index (Phi) is 7.58. The first-order chi connectivity index (χ1) is 29.5. The normalized spacial score (nSPS) is 13.0. The summed E-state index contributed by atoms with van der Waals surface area (Å²) < 4.78 is 8.79. The molecule has 0 unspecified atom stereocenters. The topological polar surface area (TPSA) is 21.3 Å². The van der Waals surface area contributed by atoms with Gasteiger partial charge in [0.2, 0.25) is 0 Å². The molecule has 60 heavy (non-hydrogen) atoms. The molecule has 0 fully saturated rings. The van der Waals surface area contributed by atoms with Gasteiger partial charge >= 0.3 is 0 Å². The quantitative estimate of drug-likeness (QED) is 0.168. The molecule has 0 spiro atoms. The molecule has 0 bridgehead atoms. The molecule has 0 amide bonds. The van der Waals surface area contributed by atoms with Gasteiger partial charge < -0.3 is 13.9 Å². The van der Waals surface area contributed by atoms with Crippen LogP contribution >= 0.6 is 0 Å². The van der Waals surface area contributed by atoms with E-state index in [4.69, 9.17) is 4.42 Å². The Morgan fingerprint density at radius 2 is 0.983 bits per heavy atom. The van der Waals surface area contributed by atoms with Gasteiger partial charge in [-0.05, 0) is 118 Å². The number of hydrogen-bond donors (Lipinski definition) is 0. The van der Waals surface area contributed by atoms with E-state index in [-0.39, 0.29) is 5.41 Å². The molecule has 0 saturated heterocycles. The zero-order valence-electron chi connectivity index (χ0n) is 33.4. The third-order valence-electron chi connectivity index (χ3n) is 12.8. The maximum Gasteiger partial charge on any atom is 0.143 e. The summed E-state index contributed by atoms with van der Waals surface area (Å²) in [7, 11) is 0. The minimum Gasteiger partial charge on any atom is -0.455 e. The first-order valence-electron chi connectivity index (χ1n) is 20.8. The molecule has 3 nitrogen and oxygen atoms in total. The van der Waals surface area contributed by atoms with Crippen LogP contribution in [0.3, 0.4) is 0 Å². The summed E-state index contributed by atoms with van der Waals surface area (Å²) in [5, 5.41) is 4.81. The molecule has 0 radical (unpaired) electrons. The van der Waals surface area contributed by atoms with Gasteiger partial charge in [-0.3, -0.25) is 0 Å². The van der Waals surface area contributed by atoms with Crippen LogP contribution in [0.25, 0.3) is 82.8 Å². The molecule has 12 rings (SSSR count). The third-order valence-corrected chi connectivity index (χ3v) is 12.8. The summed E-state index contributed by atoms with van der Waals surface area (Å²) >= 11 is 0. The average molecular weight is 769 g/mol. The van der Waals surface area contributed by atoms with Crippen LogP contribution in [-0.2, 0) is 5.41 Å². The van der Waals surface area contributed by atoms with E-state index in [0.717, 1.165) is 50.1 Å². The van der Waals surface area contributed by atoms with Crippen molar-refractivity contribution in [1.29, 1.82) is 0 Å². The molecule has 0 atom stereocenters. The van der Waals surface area contributed by atoms with Gasteiger partial charge in [-0.15, -0.1) is 0 Å². The molecule has 3 heteroatoms. The summed E-state index contributed by atoms with van der Waals surface area (Å²) in [5.74, 6) is 0. The van der Waals surface area contributed by atoms with Crippen LogP contribution in [0.1, 0.15) is 25.0 Å². The fourth-order valence-electron chi connectivity index (χ4n) is 9.84. The van der Waals surface area contributed by atoms with Crippen LogP contribution in [0.2, 0.25) is 0 Å². The highest BCUT2D eigenvalue weighted by molar-refractivity contribution is 6.11. The van der Waals surface area contributed by atoms with Gasteiger partial charge in [0, 0.05) is 55.3 Å². The van der Waals surface area contributed by atoms with E-state index in [0.29, 0.717) is 0 Å². The Bertz CT molecular complexity index is 3450. The summed E-state index contributed by atoms with van der Waals surface area (Å²) in [6.07, 6.45) is 0. The first kappa shape index (κ1) is 34.4. The zero-order chi connectivity index (χ0) is 40.0. The van der Waals surface area contributed by atoms with Crippen LogP contribution < -0.4 is 4.90 Å². The molecule has 2 heterocycles. The maximum absolute atomic E-state index is 6.41. The van der Waals surface area contributed by atoms with E-state index in [1.165, 1.54) is 60.9 Å². The monoisotopic (exact) mass is 768 g/mol. The van der Waals surface area contributed by atoms with Crippen molar-refractivity contribution in [3.8, 4) is 39.1 Å². The Morgan fingerprint density at radius 1 is 0.400 bits per heavy atom. The minimum absolute atomic E-state index is 0.207. The number of furan rings is 1. The van der Waals surface area contributed by atoms with Gasteiger partial charge in [-0.2, -0.15) is 0 Å². The van der Waals surface area contributed by atoms with Gasteiger partial charge in [0.25, 0.3) is 0 Å². The summed E-state index contributed by atoms with van der Waals surface area (Å²) in [6, 6.07) is 74.8. The Hall–Kier alpha value is -7.62. The maximum atomic E-state index is 6.41. The van der Waals surface area contributed by atoms with Crippen molar-refractivity contribution in [1.82, 2.24) is 4.57 Å². The fourth-order valence-corrected chi connectivity index (χ4v) is 9.84. The van der Waals surface area contributed by atoms with Crippen LogP contribution in [0.4, 0.5) is 17.1 Å². The predicted molar refractivity (Wildman–Crippen MR) is 251 cm³/mol. The van der Waals surface area contributed by atoms with Crippen molar-refractivity contribution in [2.45, 2.75) is 19.3 Å². The molecule has 0 aliphatic heterocycles. The molecule has 11 aromatic rings. The molecular weight excluding hydrogens is 729 g/mol. The predicted octanol–water partition coefficient (Wildman–Crippen LogP) is 15.8. The molecular formula is C57H40N2O. The molecule has 2 aromatic heterocycles. The van der Waals surface area contributed by atoms with Crippen molar-refractivity contribution in [3.05, 3.63) is 217 Å². The lowest BCUT2D eigenvalue weighted by Crippen LogP contribution is -2.16. The highest BCUT2D eigenvalue weighted by Gasteiger charge is 2.36. The second-order valence-corrected chi connectivity index (χ2v) is 16.5. The van der Waals surface area contributed by atoms with Gasteiger partial charge in [-0.25, -0.2) is 0 Å². The average Bonchev–Trinajstić information content (AvgIpc) is 3.92. The number of fused-ring (bicyclic) bond motifs is 9. The third kappa shape index (κ3) is 5.22. The highest BCUT2D eigenvalue weighted by Crippen LogP contribution is 2.52. The van der Waals surface area contributed by atoms with Crippen LogP contribution in [-0.4, -0.2) is 4.57 Å². The summed E-state index contributed by atoms with van der Waals surface area (Å²) in [5.41, 5.74) is 18.6. The Labute approximate surface area is 349 Å². The number of aromatic nitrogens is 1. The van der Waals surface area contributed by atoms with E-state index in [1.54, 1.807) is 0 Å². The minimum atomic E-state index is -0.207. The lowest BCUT2D eigenvalue weighted by atomic mass is 9.81. The second kappa shape index (κ2) is 13.2. The lowest BCUT2D eigenvalue weighted by Gasteiger charge is -2.28. The SMILES string of the molecule is CC1(C)c2cc(-c3ccc4c(c3)c3ccccc3n4-c3ccccc3)ccc2-c2ccc(N(c3ccccc3)c3ccc(-c4cccc5c4oc4ccccc45)cc3)cc21. The number of hydrogen-bond acceptors (Lipinski definition) is 2. The highest BCUT2D eigenvalue weighted by atomic mass is 16.3. The van der Waals surface area contributed by atoms with Crippen molar-refractivity contribution < 1.29 is 4.42 Å². The molecule has 1 aliphatic rings. The van der Waals surface area contributed by atoms with Crippen LogP contribution in [0.5, 0.6) is 0 Å². The summed E-state index contributed by atoms with van der Waals surface area (Å²) in [4.78, 5) is 2.37. The summed E-state index contributed by atoms with van der Waals surface area (Å²) in [6.45, 7) is 4.75. The fraction of sp³-hybridized carbons (Fsp3) is 0.0526. The van der Waals surface area contributed by atoms with E-state index in [9.17, 15) is 0 Å². The van der Waals surface area contributed by atoms with Gasteiger partial charge in [-0.1, -0.05) is 141 Å². The van der Waals surface area contributed by atoms with Crippen LogP contribution in [0.15, 0.2) is 211 Å². The number of para-hydroxylation sites is 5. The Morgan fingerprint density at radius 3 is 1.80 bits per heavy atom. The molecule has 1 aliphatic carbocycles. The van der Waals surface area contributed by atoms with Crippen molar-refractivity contribution in [2.24, 2.45) is 0 Å². The largest absolute Gasteiger partial charge is 0.455 e. The lowest BCUT2D eigenvalue weighted by molar-refractivity contribution is 0.660. The van der Waals surface area contributed by atoms with Gasteiger partial charge in [0.1, 0.15) is 11.2 Å². The number of benzene rings is 9. The molecule has 9 aromatic carbocycles. The second-order valence-electron chi connectivity index (χ2n) is 16.5. The van der Waals surface area contributed by atoms with Gasteiger partial charge in [0.15, 0.2) is 0 Å². The van der Waals surface area contributed by atoms with E-state index in [1.807, 2.05) is 12.1 Å². The zero-order valence-corrected chi connectivity index (χ0v) is 33.4. The number of rotatable bonds is 6. The van der Waals surface area contributed by atoms with Crippen molar-refractivity contribution >= 4 is 60.8 Å². The first-order valence-corrected chi connectivity index (χ1v) is 20.8. The number of nitrogens with zero attached hydrogens (tertiary/aromatic N) is 2. The van der Waals surface area contributed by atoms with Crippen molar-refractivity contribution in [3.63, 3.8) is 0 Å². The number of anilines is 3. The van der Waals surface area contributed by atoms with E-state index >= 15 is 0 Å². The molecule has 0 N–H and O–H groups in total. The standard InChI is InChI=1S/C57H40N2O/c1-57(2)51-35-39(38-27-33-54-50(34-38)47-18-9-11-22-53(47)59(54)41-16-7-4-8-17-41)26-31-45(51)46-32-30-43(36-52(46)57)58(40-14-5-3-6-15-40)42-28-24-37(25-29-42)44-20-13-21-49-48-19-10-12-23-55(48)60-56(44)49/h3-36H,1-2H3. The van der Waals surface area contributed by atoms with E-state index in [2.05, 4.69) is 217 Å². The molecule has 0 saturated carbocycles. The van der Waals surface area contributed by atoms with Crippen LogP contribution in [0, 0.1) is 0 Å². The smallest absolute Gasteiger partial charge is 0.143 e. The Balaban J connectivity index is 0.918.